The Bertz CT molecular complexity index is 558. The molecule has 2 aliphatic rings. The maximum Gasteiger partial charge on any atom is 0.217 e. The van der Waals surface area contributed by atoms with Crippen molar-refractivity contribution in [3.63, 3.8) is 0 Å². The van der Waals surface area contributed by atoms with E-state index in [0.29, 0.717) is 31.3 Å². The van der Waals surface area contributed by atoms with Gasteiger partial charge in [-0.05, 0) is 43.6 Å². The highest BCUT2D eigenvalue weighted by atomic mass is 16.6. The smallest absolute Gasteiger partial charge is 0.217 e. The van der Waals surface area contributed by atoms with E-state index >= 15 is 0 Å². The van der Waals surface area contributed by atoms with Crippen molar-refractivity contribution in [1.29, 1.82) is 0 Å². The second kappa shape index (κ2) is 7.19. The summed E-state index contributed by atoms with van der Waals surface area (Å²) < 4.78 is 11.1. The predicted octanol–water partition coefficient (Wildman–Crippen LogP) is 1.09. The van der Waals surface area contributed by atoms with Crippen LogP contribution in [-0.2, 0) is 4.79 Å². The zero-order valence-corrected chi connectivity index (χ0v) is 13.5. The van der Waals surface area contributed by atoms with Crippen LogP contribution in [0, 0.1) is 0 Å². The van der Waals surface area contributed by atoms with E-state index in [1.165, 1.54) is 19.8 Å². The summed E-state index contributed by atoms with van der Waals surface area (Å²) in [4.78, 5) is 13.8. The van der Waals surface area contributed by atoms with Crippen molar-refractivity contribution in [3.05, 3.63) is 23.8 Å². The number of aliphatic hydroxyl groups is 1. The Morgan fingerprint density at radius 2 is 1.96 bits per heavy atom. The Hall–Kier alpha value is -1.79. The third-order valence-electron chi connectivity index (χ3n) is 4.33. The minimum atomic E-state index is -0.782. The van der Waals surface area contributed by atoms with E-state index in [4.69, 9.17) is 9.47 Å². The molecule has 126 valence electrons. The average molecular weight is 320 g/mol. The summed E-state index contributed by atoms with van der Waals surface area (Å²) in [5, 5.41) is 13.6. The van der Waals surface area contributed by atoms with Crippen LogP contribution in [0.4, 0.5) is 0 Å². The number of amides is 1. The quantitative estimate of drug-likeness (QED) is 0.850. The first kappa shape index (κ1) is 16.1. The number of carbonyl (C=O) groups is 1. The van der Waals surface area contributed by atoms with Gasteiger partial charge in [0.15, 0.2) is 11.5 Å². The van der Waals surface area contributed by atoms with Gasteiger partial charge < -0.3 is 24.8 Å². The number of nitrogens with one attached hydrogen (secondary N) is 1. The maximum atomic E-state index is 11.5. The molecule has 2 atom stereocenters. The highest BCUT2D eigenvalue weighted by molar-refractivity contribution is 5.73. The molecule has 23 heavy (non-hydrogen) atoms. The molecule has 2 heterocycles. The van der Waals surface area contributed by atoms with Crippen molar-refractivity contribution in [1.82, 2.24) is 10.2 Å². The molecular formula is C17H24N2O4. The van der Waals surface area contributed by atoms with Crippen molar-refractivity contribution in [3.8, 4) is 11.5 Å². The lowest BCUT2D eigenvalue weighted by Gasteiger charge is -2.29. The summed E-state index contributed by atoms with van der Waals surface area (Å²) in [6.07, 6.45) is 1.56. The van der Waals surface area contributed by atoms with Gasteiger partial charge in [-0.3, -0.25) is 4.79 Å². The summed E-state index contributed by atoms with van der Waals surface area (Å²) in [5.74, 6) is 1.21. The Morgan fingerprint density at radius 3 is 2.65 bits per heavy atom. The molecule has 0 spiro atoms. The molecule has 1 fully saturated rings. The van der Waals surface area contributed by atoms with Gasteiger partial charge in [-0.2, -0.15) is 0 Å². The van der Waals surface area contributed by atoms with Gasteiger partial charge in [0.05, 0.1) is 6.04 Å². The number of fused-ring (bicyclic) bond motifs is 1. The first-order valence-corrected chi connectivity index (χ1v) is 8.20. The highest BCUT2D eigenvalue weighted by Gasteiger charge is 2.27. The van der Waals surface area contributed by atoms with Crippen LogP contribution in [0.15, 0.2) is 18.2 Å². The molecule has 1 aromatic carbocycles. The fourth-order valence-electron chi connectivity index (χ4n) is 3.21. The van der Waals surface area contributed by atoms with Crippen LogP contribution in [0.5, 0.6) is 11.5 Å². The van der Waals surface area contributed by atoms with Crippen LogP contribution in [0.3, 0.4) is 0 Å². The molecule has 0 radical (unpaired) electrons. The molecule has 1 unspecified atom stereocenters. The van der Waals surface area contributed by atoms with Gasteiger partial charge in [-0.25, -0.2) is 0 Å². The van der Waals surface area contributed by atoms with E-state index in [9.17, 15) is 9.90 Å². The molecule has 6 nitrogen and oxygen atoms in total. The fraction of sp³-hybridized carbons (Fsp3) is 0.588. The lowest BCUT2D eigenvalue weighted by molar-refractivity contribution is -0.120. The molecule has 0 aliphatic carbocycles. The molecule has 2 aliphatic heterocycles. The second-order valence-electron chi connectivity index (χ2n) is 6.16. The standard InChI is InChI=1S/C17H24N2O4/c1-12(20)18-14(11-19-6-2-3-7-19)17(21)13-4-5-15-16(10-13)23-9-8-22-15/h4-5,10,14,17,21H,2-3,6-9,11H2,1H3,(H,18,20)/t14?,17-/m1/s1. The molecule has 6 heteroatoms. The molecule has 0 aromatic heterocycles. The predicted molar refractivity (Wildman–Crippen MR) is 85.7 cm³/mol. The number of likely N-dealkylation sites (tertiary alicyclic amines) is 1. The second-order valence-corrected chi connectivity index (χ2v) is 6.16. The summed E-state index contributed by atoms with van der Waals surface area (Å²) in [5.41, 5.74) is 0.729. The van der Waals surface area contributed by atoms with Crippen molar-refractivity contribution in [2.75, 3.05) is 32.8 Å². The van der Waals surface area contributed by atoms with Crippen LogP contribution in [0.25, 0.3) is 0 Å². The van der Waals surface area contributed by atoms with Crippen LogP contribution in [0.1, 0.15) is 31.4 Å². The topological polar surface area (TPSA) is 71.0 Å². The zero-order chi connectivity index (χ0) is 16.2. The Kier molecular flexibility index (Phi) is 5.03. The van der Waals surface area contributed by atoms with Gasteiger partial charge in [0.1, 0.15) is 19.3 Å². The Morgan fingerprint density at radius 1 is 1.26 bits per heavy atom. The summed E-state index contributed by atoms with van der Waals surface area (Å²) in [6.45, 7) is 5.21. The van der Waals surface area contributed by atoms with Gasteiger partial charge in [-0.15, -0.1) is 0 Å². The third-order valence-corrected chi connectivity index (χ3v) is 4.33. The minimum absolute atomic E-state index is 0.134. The van der Waals surface area contributed by atoms with E-state index in [-0.39, 0.29) is 11.9 Å². The number of benzene rings is 1. The molecular weight excluding hydrogens is 296 g/mol. The van der Waals surface area contributed by atoms with E-state index in [0.717, 1.165) is 18.7 Å². The van der Waals surface area contributed by atoms with Crippen LogP contribution < -0.4 is 14.8 Å². The number of hydrogen-bond donors (Lipinski definition) is 2. The monoisotopic (exact) mass is 320 g/mol. The molecule has 1 saturated heterocycles. The molecule has 1 amide bonds. The van der Waals surface area contributed by atoms with E-state index < -0.39 is 6.10 Å². The Labute approximate surface area is 136 Å². The lowest BCUT2D eigenvalue weighted by atomic mass is 10.0. The Balaban J connectivity index is 1.75. The molecule has 0 bridgehead atoms. The largest absolute Gasteiger partial charge is 0.486 e. The molecule has 2 N–H and O–H groups in total. The third kappa shape index (κ3) is 3.95. The van der Waals surface area contributed by atoms with E-state index in [1.54, 1.807) is 6.07 Å². The van der Waals surface area contributed by atoms with Crippen molar-refractivity contribution in [2.24, 2.45) is 0 Å². The normalized spacial score (nSPS) is 20.1. The lowest BCUT2D eigenvalue weighted by Crippen LogP contribution is -2.46. The highest BCUT2D eigenvalue weighted by Crippen LogP contribution is 2.33. The average Bonchev–Trinajstić information content (AvgIpc) is 3.06. The number of carbonyl (C=O) groups excluding carboxylic acids is 1. The molecule has 0 saturated carbocycles. The summed E-state index contributed by atoms with van der Waals surface area (Å²) >= 11 is 0. The van der Waals surface area contributed by atoms with Gasteiger partial charge in [0, 0.05) is 13.5 Å². The summed E-state index contributed by atoms with van der Waals surface area (Å²) in [7, 11) is 0. The van der Waals surface area contributed by atoms with Crippen molar-refractivity contribution < 1.29 is 19.4 Å². The van der Waals surface area contributed by atoms with Crippen LogP contribution in [-0.4, -0.2) is 54.8 Å². The molecule has 1 aromatic rings. The minimum Gasteiger partial charge on any atom is -0.486 e. The first-order valence-electron chi connectivity index (χ1n) is 8.20. The van der Waals surface area contributed by atoms with Gasteiger partial charge in [-0.1, -0.05) is 6.07 Å². The first-order chi connectivity index (χ1) is 11.1. The number of aliphatic hydroxyl groups excluding tert-OH is 1. The van der Waals surface area contributed by atoms with Crippen molar-refractivity contribution in [2.45, 2.75) is 31.9 Å². The van der Waals surface area contributed by atoms with Crippen molar-refractivity contribution >= 4 is 5.91 Å². The maximum absolute atomic E-state index is 11.5. The van der Waals surface area contributed by atoms with Crippen LogP contribution >= 0.6 is 0 Å². The number of ether oxygens (including phenoxy) is 2. The van der Waals surface area contributed by atoms with E-state index in [1.807, 2.05) is 12.1 Å². The SMILES string of the molecule is CC(=O)NC(CN1CCCC1)[C@H](O)c1ccc2c(c1)OCCO2. The number of rotatable bonds is 5. The molecule has 3 rings (SSSR count). The zero-order valence-electron chi connectivity index (χ0n) is 13.5. The fourth-order valence-corrected chi connectivity index (χ4v) is 3.21. The van der Waals surface area contributed by atoms with Gasteiger partial charge in [0.2, 0.25) is 5.91 Å². The number of hydrogen-bond acceptors (Lipinski definition) is 5. The van der Waals surface area contributed by atoms with E-state index in [2.05, 4.69) is 10.2 Å². The number of nitrogens with zero attached hydrogens (tertiary/aromatic N) is 1. The summed E-state index contributed by atoms with van der Waals surface area (Å²) in [6, 6.07) is 5.11. The van der Waals surface area contributed by atoms with Gasteiger partial charge >= 0.3 is 0 Å². The van der Waals surface area contributed by atoms with Gasteiger partial charge in [0.25, 0.3) is 0 Å². The van der Waals surface area contributed by atoms with Crippen LogP contribution in [0.2, 0.25) is 0 Å².